The molecule has 0 atom stereocenters. The molecule has 0 amide bonds. The number of hydrogen-bond donors (Lipinski definition) is 1. The summed E-state index contributed by atoms with van der Waals surface area (Å²) in [6.07, 6.45) is 2.16. The van der Waals surface area contributed by atoms with Gasteiger partial charge >= 0.3 is 5.69 Å². The second-order valence-corrected chi connectivity index (χ2v) is 4.88. The summed E-state index contributed by atoms with van der Waals surface area (Å²) in [7, 11) is 0. The summed E-state index contributed by atoms with van der Waals surface area (Å²) in [5.74, 6) is 0.243. The van der Waals surface area contributed by atoms with E-state index >= 15 is 0 Å². The fraction of sp³-hybridized carbons (Fsp3) is 0.214. The Labute approximate surface area is 121 Å². The highest BCUT2D eigenvalue weighted by Gasteiger charge is 2.15. The number of halogens is 1. The van der Waals surface area contributed by atoms with E-state index in [-0.39, 0.29) is 16.5 Å². The zero-order chi connectivity index (χ0) is 14.5. The van der Waals surface area contributed by atoms with Crippen molar-refractivity contribution >= 4 is 23.1 Å². The van der Waals surface area contributed by atoms with Gasteiger partial charge in [-0.05, 0) is 18.9 Å². The van der Waals surface area contributed by atoms with Crippen molar-refractivity contribution in [1.29, 1.82) is 0 Å². The van der Waals surface area contributed by atoms with E-state index in [1.165, 1.54) is 23.4 Å². The number of nitrogens with zero attached hydrogens (tertiary/aromatic N) is 2. The predicted molar refractivity (Wildman–Crippen MR) is 79.3 cm³/mol. The van der Waals surface area contributed by atoms with Gasteiger partial charge in [-0.25, -0.2) is 4.98 Å². The number of anilines is 1. The monoisotopic (exact) mass is 291 g/mol. The fourth-order valence-electron chi connectivity index (χ4n) is 1.90. The Kier molecular flexibility index (Phi) is 4.53. The van der Waals surface area contributed by atoms with Crippen molar-refractivity contribution < 1.29 is 4.92 Å². The molecule has 2 rings (SSSR count). The number of rotatable bonds is 5. The maximum Gasteiger partial charge on any atom is 0.312 e. The molecule has 0 aliphatic heterocycles. The van der Waals surface area contributed by atoms with Crippen molar-refractivity contribution in [1.82, 2.24) is 4.98 Å². The van der Waals surface area contributed by atoms with Crippen LogP contribution < -0.4 is 5.32 Å². The number of aromatic nitrogens is 1. The Morgan fingerprint density at radius 1 is 1.40 bits per heavy atom. The highest BCUT2D eigenvalue weighted by molar-refractivity contribution is 6.30. The molecule has 0 saturated heterocycles. The molecule has 6 heteroatoms. The molecule has 1 aromatic carbocycles. The van der Waals surface area contributed by atoms with Crippen molar-refractivity contribution in [3.8, 4) is 0 Å². The number of pyridine rings is 1. The van der Waals surface area contributed by atoms with Gasteiger partial charge < -0.3 is 5.32 Å². The molecule has 2 aromatic rings. The van der Waals surface area contributed by atoms with Gasteiger partial charge in [0.2, 0.25) is 5.82 Å². The number of hydrogen-bond acceptors (Lipinski definition) is 4. The molecule has 0 spiro atoms. The molecule has 0 radical (unpaired) electrons. The molecule has 0 aliphatic rings. The molecular formula is C14H14ClN3O2. The van der Waals surface area contributed by atoms with Crippen molar-refractivity contribution in [3.05, 3.63) is 62.8 Å². The normalized spacial score (nSPS) is 10.3. The average Bonchev–Trinajstić information content (AvgIpc) is 2.40. The smallest absolute Gasteiger partial charge is 0.312 e. The van der Waals surface area contributed by atoms with Gasteiger partial charge in [0.15, 0.2) is 0 Å². The highest BCUT2D eigenvalue weighted by Crippen LogP contribution is 2.24. The van der Waals surface area contributed by atoms with Gasteiger partial charge in [0.1, 0.15) is 0 Å². The topological polar surface area (TPSA) is 68.1 Å². The van der Waals surface area contributed by atoms with E-state index < -0.39 is 4.92 Å². The molecule has 1 heterocycles. The molecule has 5 nitrogen and oxygen atoms in total. The van der Waals surface area contributed by atoms with Crippen LogP contribution >= 0.6 is 11.6 Å². The van der Waals surface area contributed by atoms with Crippen LogP contribution in [0.1, 0.15) is 11.1 Å². The van der Waals surface area contributed by atoms with E-state index in [4.69, 9.17) is 11.6 Å². The van der Waals surface area contributed by atoms with Gasteiger partial charge in [-0.15, -0.1) is 0 Å². The summed E-state index contributed by atoms with van der Waals surface area (Å²) < 4.78 is 0. The van der Waals surface area contributed by atoms with Crippen molar-refractivity contribution in [2.24, 2.45) is 0 Å². The van der Waals surface area contributed by atoms with Gasteiger partial charge in [-0.2, -0.15) is 0 Å². The van der Waals surface area contributed by atoms with Gasteiger partial charge in [0.25, 0.3) is 0 Å². The summed E-state index contributed by atoms with van der Waals surface area (Å²) in [4.78, 5) is 14.4. The number of benzene rings is 1. The molecule has 0 saturated carbocycles. The minimum atomic E-state index is -0.492. The standard InChI is InChI=1S/C14H14ClN3O2/c1-10-3-2-4-11(7-10)5-6-16-14-13(18(19)20)8-12(15)9-17-14/h2-4,7-9H,5-6H2,1H3,(H,16,17). The van der Waals surface area contributed by atoms with Gasteiger partial charge in [0.05, 0.1) is 9.95 Å². The molecule has 0 aliphatic carbocycles. The van der Waals surface area contributed by atoms with Crippen LogP contribution in [0.15, 0.2) is 36.5 Å². The molecule has 0 bridgehead atoms. The van der Waals surface area contributed by atoms with Crippen molar-refractivity contribution in [3.63, 3.8) is 0 Å². The summed E-state index contributed by atoms with van der Waals surface area (Å²) in [6, 6.07) is 9.43. The molecular weight excluding hydrogens is 278 g/mol. The van der Waals surface area contributed by atoms with Crippen LogP contribution in [-0.2, 0) is 6.42 Å². The van der Waals surface area contributed by atoms with E-state index in [1.54, 1.807) is 0 Å². The Hall–Kier alpha value is -2.14. The summed E-state index contributed by atoms with van der Waals surface area (Å²) in [5.41, 5.74) is 2.26. The van der Waals surface area contributed by atoms with Crippen LogP contribution in [0.2, 0.25) is 5.02 Å². The first-order valence-electron chi connectivity index (χ1n) is 6.15. The van der Waals surface area contributed by atoms with E-state index in [0.717, 1.165) is 6.42 Å². The van der Waals surface area contributed by atoms with Crippen molar-refractivity contribution in [2.75, 3.05) is 11.9 Å². The molecule has 0 fully saturated rings. The molecule has 0 unspecified atom stereocenters. The molecule has 1 aromatic heterocycles. The quantitative estimate of drug-likeness (QED) is 0.675. The largest absolute Gasteiger partial charge is 0.364 e. The average molecular weight is 292 g/mol. The van der Waals surface area contributed by atoms with Crippen LogP contribution in [0.25, 0.3) is 0 Å². The van der Waals surface area contributed by atoms with Gasteiger partial charge in [-0.1, -0.05) is 41.4 Å². The predicted octanol–water partition coefficient (Wildman–Crippen LogP) is 3.61. The molecule has 104 valence electrons. The summed E-state index contributed by atoms with van der Waals surface area (Å²) in [6.45, 7) is 2.60. The SMILES string of the molecule is Cc1cccc(CCNc2ncc(Cl)cc2[N+](=O)[O-])c1. The summed E-state index contributed by atoms with van der Waals surface area (Å²) in [5, 5.41) is 14.1. The van der Waals surface area contributed by atoms with Crippen LogP contribution in [0, 0.1) is 17.0 Å². The third kappa shape index (κ3) is 3.68. The van der Waals surface area contributed by atoms with Crippen LogP contribution in [0.4, 0.5) is 11.5 Å². The minimum absolute atomic E-state index is 0.109. The Bertz CT molecular complexity index is 632. The fourth-order valence-corrected chi connectivity index (χ4v) is 2.05. The first kappa shape index (κ1) is 14.3. The maximum absolute atomic E-state index is 10.9. The zero-order valence-electron chi connectivity index (χ0n) is 11.0. The number of nitrogens with one attached hydrogen (secondary N) is 1. The van der Waals surface area contributed by atoms with Crippen LogP contribution in [-0.4, -0.2) is 16.5 Å². The molecule has 1 N–H and O–H groups in total. The lowest BCUT2D eigenvalue weighted by Crippen LogP contribution is -2.08. The van der Waals surface area contributed by atoms with Gasteiger partial charge in [0, 0.05) is 18.8 Å². The lowest BCUT2D eigenvalue weighted by molar-refractivity contribution is -0.384. The second-order valence-electron chi connectivity index (χ2n) is 4.44. The third-order valence-electron chi connectivity index (χ3n) is 2.82. The zero-order valence-corrected chi connectivity index (χ0v) is 11.7. The highest BCUT2D eigenvalue weighted by atomic mass is 35.5. The van der Waals surface area contributed by atoms with E-state index in [0.29, 0.717) is 6.54 Å². The Balaban J connectivity index is 2.02. The maximum atomic E-state index is 10.9. The minimum Gasteiger partial charge on any atom is -0.364 e. The third-order valence-corrected chi connectivity index (χ3v) is 3.03. The Morgan fingerprint density at radius 3 is 2.90 bits per heavy atom. The van der Waals surface area contributed by atoms with Crippen molar-refractivity contribution in [2.45, 2.75) is 13.3 Å². The lowest BCUT2D eigenvalue weighted by atomic mass is 10.1. The number of aryl methyl sites for hydroxylation is 1. The number of nitro groups is 1. The van der Waals surface area contributed by atoms with E-state index in [2.05, 4.69) is 16.4 Å². The van der Waals surface area contributed by atoms with E-state index in [1.807, 2.05) is 25.1 Å². The second kappa shape index (κ2) is 6.34. The first-order chi connectivity index (χ1) is 9.56. The summed E-state index contributed by atoms with van der Waals surface area (Å²) >= 11 is 5.71. The Morgan fingerprint density at radius 2 is 2.20 bits per heavy atom. The molecule has 20 heavy (non-hydrogen) atoms. The van der Waals surface area contributed by atoms with Crippen LogP contribution in [0.3, 0.4) is 0 Å². The van der Waals surface area contributed by atoms with E-state index in [9.17, 15) is 10.1 Å². The van der Waals surface area contributed by atoms with Crippen LogP contribution in [0.5, 0.6) is 0 Å². The van der Waals surface area contributed by atoms with Gasteiger partial charge in [-0.3, -0.25) is 10.1 Å². The first-order valence-corrected chi connectivity index (χ1v) is 6.53. The lowest BCUT2D eigenvalue weighted by Gasteiger charge is -2.07.